The van der Waals surface area contributed by atoms with Gasteiger partial charge in [0.2, 0.25) is 0 Å². The maximum absolute atomic E-state index is 6.07. The molecule has 4 heteroatoms. The molecule has 0 spiro atoms. The molecule has 0 saturated carbocycles. The fourth-order valence-corrected chi connectivity index (χ4v) is 2.16. The highest BCUT2D eigenvalue weighted by Gasteiger charge is 2.03. The smallest absolute Gasteiger partial charge is 0.160 e. The molecule has 0 bridgehead atoms. The van der Waals surface area contributed by atoms with Gasteiger partial charge in [0.15, 0.2) is 11.5 Å². The van der Waals surface area contributed by atoms with Gasteiger partial charge in [0, 0.05) is 23.3 Å². The van der Waals surface area contributed by atoms with Gasteiger partial charge in [-0.3, -0.25) is 4.99 Å². The zero-order valence-corrected chi connectivity index (χ0v) is 12.9. The largest absolute Gasteiger partial charge is 0.493 e. The quantitative estimate of drug-likeness (QED) is 0.755. The number of nitrogens with zero attached hydrogens (tertiary/aromatic N) is 1. The highest BCUT2D eigenvalue weighted by Crippen LogP contribution is 2.27. The van der Waals surface area contributed by atoms with Crippen molar-refractivity contribution in [3.05, 3.63) is 58.6 Å². The van der Waals surface area contributed by atoms with Gasteiger partial charge in [-0.15, -0.1) is 0 Å². The molecule has 0 heterocycles. The molecular weight excluding hydrogens is 286 g/mol. The van der Waals surface area contributed by atoms with Gasteiger partial charge in [-0.25, -0.2) is 0 Å². The Morgan fingerprint density at radius 1 is 1.05 bits per heavy atom. The Balaban J connectivity index is 1.96. The summed E-state index contributed by atoms with van der Waals surface area (Å²) in [6.45, 7) is 0.695. The van der Waals surface area contributed by atoms with Gasteiger partial charge in [0.25, 0.3) is 0 Å². The Morgan fingerprint density at radius 3 is 2.52 bits per heavy atom. The zero-order chi connectivity index (χ0) is 15.1. The van der Waals surface area contributed by atoms with Crippen LogP contribution in [-0.4, -0.2) is 27.0 Å². The maximum Gasteiger partial charge on any atom is 0.160 e. The molecule has 0 N–H and O–H groups in total. The SMILES string of the molecule is COc1ccc(CCN=Cc2ccccc2Cl)cc1OC. The summed E-state index contributed by atoms with van der Waals surface area (Å²) in [6.07, 6.45) is 2.64. The fourth-order valence-electron chi connectivity index (χ4n) is 1.97. The molecule has 110 valence electrons. The van der Waals surface area contributed by atoms with Gasteiger partial charge < -0.3 is 9.47 Å². The van der Waals surface area contributed by atoms with Crippen LogP contribution in [0.25, 0.3) is 0 Å². The standard InChI is InChI=1S/C17H18ClNO2/c1-20-16-8-7-13(11-17(16)21-2)9-10-19-12-14-5-3-4-6-15(14)18/h3-8,11-12H,9-10H2,1-2H3. The molecular formula is C17H18ClNO2. The van der Waals surface area contributed by atoms with Crippen LogP contribution in [-0.2, 0) is 6.42 Å². The van der Waals surface area contributed by atoms with Crippen LogP contribution in [0.1, 0.15) is 11.1 Å². The molecule has 0 radical (unpaired) electrons. The molecule has 3 nitrogen and oxygen atoms in total. The summed E-state index contributed by atoms with van der Waals surface area (Å²) < 4.78 is 10.5. The topological polar surface area (TPSA) is 30.8 Å². The van der Waals surface area contributed by atoms with Crippen molar-refractivity contribution in [2.75, 3.05) is 20.8 Å². The fraction of sp³-hybridized carbons (Fsp3) is 0.235. The zero-order valence-electron chi connectivity index (χ0n) is 12.2. The van der Waals surface area contributed by atoms with Crippen LogP contribution in [0.5, 0.6) is 11.5 Å². The predicted octanol–water partition coefficient (Wildman–Crippen LogP) is 4.02. The molecule has 0 unspecified atom stereocenters. The second-order valence-corrected chi connectivity index (χ2v) is 4.90. The van der Waals surface area contributed by atoms with E-state index in [1.807, 2.05) is 48.7 Å². The van der Waals surface area contributed by atoms with Gasteiger partial charge in [0.1, 0.15) is 0 Å². The van der Waals surface area contributed by atoms with Crippen LogP contribution >= 0.6 is 11.6 Å². The van der Waals surface area contributed by atoms with Crippen LogP contribution in [0.2, 0.25) is 5.02 Å². The van der Waals surface area contributed by atoms with Gasteiger partial charge in [-0.05, 0) is 30.2 Å². The lowest BCUT2D eigenvalue weighted by Gasteiger charge is -2.08. The highest BCUT2D eigenvalue weighted by molar-refractivity contribution is 6.33. The molecule has 0 amide bonds. The van der Waals surface area contributed by atoms with Gasteiger partial charge >= 0.3 is 0 Å². The van der Waals surface area contributed by atoms with E-state index in [-0.39, 0.29) is 0 Å². The summed E-state index contributed by atoms with van der Waals surface area (Å²) in [5, 5.41) is 0.715. The highest BCUT2D eigenvalue weighted by atomic mass is 35.5. The van der Waals surface area contributed by atoms with Crippen LogP contribution in [0.4, 0.5) is 0 Å². The summed E-state index contributed by atoms with van der Waals surface area (Å²) in [7, 11) is 3.27. The number of halogens is 1. The van der Waals surface area contributed by atoms with Crippen molar-refractivity contribution >= 4 is 17.8 Å². The Labute approximate surface area is 130 Å². The molecule has 0 aliphatic heterocycles. The summed E-state index contributed by atoms with van der Waals surface area (Å²) in [5.41, 5.74) is 2.09. The third kappa shape index (κ3) is 4.23. The first-order valence-electron chi connectivity index (χ1n) is 6.70. The van der Waals surface area contributed by atoms with Crippen molar-refractivity contribution in [2.45, 2.75) is 6.42 Å². The minimum absolute atomic E-state index is 0.695. The minimum Gasteiger partial charge on any atom is -0.493 e. The van der Waals surface area contributed by atoms with E-state index in [0.717, 1.165) is 29.0 Å². The van der Waals surface area contributed by atoms with Crippen molar-refractivity contribution in [3.63, 3.8) is 0 Å². The monoisotopic (exact) mass is 303 g/mol. The Morgan fingerprint density at radius 2 is 1.81 bits per heavy atom. The predicted molar refractivity (Wildman–Crippen MR) is 87.2 cm³/mol. The molecule has 2 aromatic carbocycles. The molecule has 2 aromatic rings. The van der Waals surface area contributed by atoms with Crippen molar-refractivity contribution in [2.24, 2.45) is 4.99 Å². The van der Waals surface area contributed by atoms with E-state index in [2.05, 4.69) is 4.99 Å². The lowest BCUT2D eigenvalue weighted by molar-refractivity contribution is 0.354. The minimum atomic E-state index is 0.695. The van der Waals surface area contributed by atoms with Crippen molar-refractivity contribution in [1.29, 1.82) is 0 Å². The number of rotatable bonds is 6. The van der Waals surface area contributed by atoms with E-state index >= 15 is 0 Å². The van der Waals surface area contributed by atoms with Gasteiger partial charge in [-0.1, -0.05) is 35.9 Å². The number of hydrogen-bond donors (Lipinski definition) is 0. The number of ether oxygens (including phenoxy) is 2. The van der Waals surface area contributed by atoms with E-state index in [0.29, 0.717) is 11.6 Å². The molecule has 2 rings (SSSR count). The van der Waals surface area contributed by atoms with Crippen molar-refractivity contribution < 1.29 is 9.47 Å². The second-order valence-electron chi connectivity index (χ2n) is 4.50. The Kier molecular flexibility index (Phi) is 5.64. The van der Waals surface area contributed by atoms with E-state index in [1.54, 1.807) is 14.2 Å². The average Bonchev–Trinajstić information content (AvgIpc) is 2.52. The lowest BCUT2D eigenvalue weighted by Crippen LogP contribution is -1.95. The van der Waals surface area contributed by atoms with Crippen LogP contribution < -0.4 is 9.47 Å². The lowest BCUT2D eigenvalue weighted by atomic mass is 10.1. The van der Waals surface area contributed by atoms with Gasteiger partial charge in [-0.2, -0.15) is 0 Å². The normalized spacial score (nSPS) is 10.8. The van der Waals surface area contributed by atoms with E-state index in [9.17, 15) is 0 Å². The average molecular weight is 304 g/mol. The first kappa shape index (κ1) is 15.4. The van der Waals surface area contributed by atoms with Crippen LogP contribution in [0, 0.1) is 0 Å². The van der Waals surface area contributed by atoms with E-state index in [1.165, 1.54) is 0 Å². The molecule has 0 aliphatic rings. The molecule has 0 atom stereocenters. The molecule has 0 fully saturated rings. The summed E-state index contributed by atoms with van der Waals surface area (Å²) in [4.78, 5) is 4.41. The first-order valence-corrected chi connectivity index (χ1v) is 7.07. The molecule has 0 aliphatic carbocycles. The number of aliphatic imine (C=N–C) groups is 1. The third-order valence-electron chi connectivity index (χ3n) is 3.11. The molecule has 0 saturated heterocycles. The van der Waals surface area contributed by atoms with Crippen LogP contribution in [0.15, 0.2) is 47.5 Å². The number of hydrogen-bond acceptors (Lipinski definition) is 3. The van der Waals surface area contributed by atoms with E-state index < -0.39 is 0 Å². The van der Waals surface area contributed by atoms with Crippen molar-refractivity contribution in [1.82, 2.24) is 0 Å². The van der Waals surface area contributed by atoms with Gasteiger partial charge in [0.05, 0.1) is 14.2 Å². The summed E-state index contributed by atoms with van der Waals surface area (Å²) in [6, 6.07) is 13.6. The summed E-state index contributed by atoms with van der Waals surface area (Å²) >= 11 is 6.07. The number of methoxy groups -OCH3 is 2. The van der Waals surface area contributed by atoms with Crippen LogP contribution in [0.3, 0.4) is 0 Å². The first-order chi connectivity index (χ1) is 10.2. The molecule has 21 heavy (non-hydrogen) atoms. The summed E-state index contributed by atoms with van der Waals surface area (Å²) in [5.74, 6) is 1.48. The number of benzene rings is 2. The molecule has 0 aromatic heterocycles. The second kappa shape index (κ2) is 7.70. The third-order valence-corrected chi connectivity index (χ3v) is 3.46. The Hall–Kier alpha value is -2.00. The maximum atomic E-state index is 6.07. The van der Waals surface area contributed by atoms with E-state index in [4.69, 9.17) is 21.1 Å². The Bertz CT molecular complexity index is 626. The van der Waals surface area contributed by atoms with Crippen molar-refractivity contribution in [3.8, 4) is 11.5 Å².